The molecule has 10 heteroatoms. The molecule has 10 nitrogen and oxygen atoms in total. The van der Waals surface area contributed by atoms with Gasteiger partial charge in [0.15, 0.2) is 18.1 Å². The van der Waals surface area contributed by atoms with Gasteiger partial charge in [-0.15, -0.1) is 5.10 Å². The van der Waals surface area contributed by atoms with Gasteiger partial charge in [-0.1, -0.05) is 13.0 Å². The minimum atomic E-state index is -0.609. The van der Waals surface area contributed by atoms with Crippen LogP contribution in [0.5, 0.6) is 23.1 Å². The lowest BCUT2D eigenvalue weighted by Gasteiger charge is -2.25. The largest absolute Gasteiger partial charge is 0.494 e. The molecule has 35 heavy (non-hydrogen) atoms. The summed E-state index contributed by atoms with van der Waals surface area (Å²) in [6.07, 6.45) is 0.912. The maximum atomic E-state index is 11.1. The molecule has 1 unspecified atom stereocenters. The van der Waals surface area contributed by atoms with Crippen molar-refractivity contribution in [1.29, 1.82) is 5.26 Å². The van der Waals surface area contributed by atoms with Crippen LogP contribution in [0.4, 0.5) is 0 Å². The smallest absolute Gasteiger partial charge is 0.255 e. The first-order chi connectivity index (χ1) is 17.0. The number of nitriles is 1. The Bertz CT molecular complexity index is 1310. The van der Waals surface area contributed by atoms with Crippen molar-refractivity contribution in [3.8, 4) is 40.5 Å². The number of carbonyl (C=O) groups excluding carboxylic acids is 1. The normalized spacial score (nSPS) is 14.5. The monoisotopic (exact) mass is 475 g/mol. The quantitative estimate of drug-likeness (QED) is 0.426. The van der Waals surface area contributed by atoms with Crippen molar-refractivity contribution in [1.82, 2.24) is 10.2 Å². The van der Waals surface area contributed by atoms with Gasteiger partial charge in [-0.05, 0) is 48.4 Å². The lowest BCUT2D eigenvalue weighted by atomic mass is 9.83. The van der Waals surface area contributed by atoms with Crippen molar-refractivity contribution in [2.45, 2.75) is 19.3 Å². The fourth-order valence-corrected chi connectivity index (χ4v) is 3.87. The Balaban J connectivity index is 1.78. The van der Waals surface area contributed by atoms with E-state index in [9.17, 15) is 10.1 Å². The summed E-state index contributed by atoms with van der Waals surface area (Å²) in [6.45, 7) is 2.38. The van der Waals surface area contributed by atoms with Crippen LogP contribution in [0.15, 0.2) is 53.9 Å². The minimum Gasteiger partial charge on any atom is -0.494 e. The van der Waals surface area contributed by atoms with Crippen molar-refractivity contribution in [2.24, 2.45) is 11.5 Å². The number of amides is 1. The summed E-state index contributed by atoms with van der Waals surface area (Å²) >= 11 is 0. The highest BCUT2D eigenvalue weighted by Gasteiger charge is 2.36. The Hall–Kier alpha value is -4.65. The molecule has 0 saturated heterocycles. The number of fused-ring (bicyclic) bond motifs is 1. The Morgan fingerprint density at radius 3 is 2.63 bits per heavy atom. The van der Waals surface area contributed by atoms with Crippen LogP contribution in [-0.2, 0) is 4.79 Å². The average Bonchev–Trinajstić information content (AvgIpc) is 3.28. The average molecular weight is 476 g/mol. The number of hydrogen-bond acceptors (Lipinski definition) is 8. The van der Waals surface area contributed by atoms with E-state index in [0.29, 0.717) is 34.9 Å². The first kappa shape index (κ1) is 23.5. The van der Waals surface area contributed by atoms with Gasteiger partial charge in [-0.25, -0.2) is 0 Å². The molecule has 0 radical (unpaired) electrons. The Morgan fingerprint density at radius 1 is 1.20 bits per heavy atom. The molecule has 3 aromatic rings. The van der Waals surface area contributed by atoms with Crippen LogP contribution < -0.4 is 30.4 Å². The number of nitrogens with two attached hydrogens (primary N) is 2. The van der Waals surface area contributed by atoms with Crippen molar-refractivity contribution in [3.05, 3.63) is 65.0 Å². The number of allylic oxidation sites excluding steroid dienone is 1. The zero-order valence-corrected chi connectivity index (χ0v) is 19.3. The molecule has 180 valence electrons. The van der Waals surface area contributed by atoms with E-state index in [1.54, 1.807) is 18.2 Å². The van der Waals surface area contributed by atoms with E-state index in [2.05, 4.69) is 16.3 Å². The second-order valence-corrected chi connectivity index (χ2v) is 7.78. The van der Waals surface area contributed by atoms with Gasteiger partial charge in [0.25, 0.3) is 5.91 Å². The highest BCUT2D eigenvalue weighted by atomic mass is 16.5. The molecule has 1 aliphatic rings. The van der Waals surface area contributed by atoms with Gasteiger partial charge in [0.05, 0.1) is 30.9 Å². The standard InChI is InChI=1S/C25H25N5O5/c1-3-10-33-16-7-4-14(5-8-16)23-22-21(17(12-26)24(28)35-25(22)30-29-23)15-6-9-18(19(11-15)32-2)34-13-20(27)31/h4-9,11,21H,3,10,13,28H2,1-2H3,(H2,27,31)(H,29,30). The predicted octanol–water partition coefficient (Wildman–Crippen LogP) is 2.96. The molecule has 2 aromatic carbocycles. The topological polar surface area (TPSA) is 158 Å². The number of nitrogens with one attached hydrogen (secondary N) is 1. The van der Waals surface area contributed by atoms with Crippen molar-refractivity contribution < 1.29 is 23.7 Å². The number of ether oxygens (including phenoxy) is 4. The molecule has 5 N–H and O–H groups in total. The summed E-state index contributed by atoms with van der Waals surface area (Å²) in [4.78, 5) is 11.1. The van der Waals surface area contributed by atoms with E-state index in [1.807, 2.05) is 31.2 Å². The molecule has 0 spiro atoms. The molecule has 0 saturated carbocycles. The number of carbonyl (C=O) groups is 1. The number of hydrogen-bond donors (Lipinski definition) is 3. The van der Waals surface area contributed by atoms with Crippen LogP contribution in [0.3, 0.4) is 0 Å². The summed E-state index contributed by atoms with van der Waals surface area (Å²) in [5, 5.41) is 17.3. The molecular weight excluding hydrogens is 450 g/mol. The van der Waals surface area contributed by atoms with Gasteiger partial charge in [0.1, 0.15) is 17.4 Å². The number of rotatable bonds is 9. The minimum absolute atomic E-state index is 0.0283. The van der Waals surface area contributed by atoms with Gasteiger partial charge in [0, 0.05) is 5.56 Å². The first-order valence-corrected chi connectivity index (χ1v) is 10.9. The zero-order chi connectivity index (χ0) is 24.9. The molecular formula is C25H25N5O5. The van der Waals surface area contributed by atoms with Gasteiger partial charge >= 0.3 is 0 Å². The number of methoxy groups -OCH3 is 1. The molecule has 0 bridgehead atoms. The molecule has 1 atom stereocenters. The number of benzene rings is 2. The number of aromatic nitrogens is 2. The Kier molecular flexibility index (Phi) is 6.78. The lowest BCUT2D eigenvalue weighted by Crippen LogP contribution is -2.21. The molecule has 0 fully saturated rings. The first-order valence-electron chi connectivity index (χ1n) is 10.9. The molecule has 4 rings (SSSR count). The van der Waals surface area contributed by atoms with Crippen LogP contribution in [-0.4, -0.2) is 36.4 Å². The van der Waals surface area contributed by atoms with Crippen molar-refractivity contribution in [3.63, 3.8) is 0 Å². The van der Waals surface area contributed by atoms with Gasteiger partial charge < -0.3 is 30.4 Å². The van der Waals surface area contributed by atoms with Crippen LogP contribution in [0.25, 0.3) is 11.3 Å². The van der Waals surface area contributed by atoms with Gasteiger partial charge in [0.2, 0.25) is 11.8 Å². The van der Waals surface area contributed by atoms with Crippen molar-refractivity contribution >= 4 is 5.91 Å². The fourth-order valence-electron chi connectivity index (χ4n) is 3.87. The molecule has 1 amide bonds. The molecule has 1 aliphatic heterocycles. The third-order valence-corrected chi connectivity index (χ3v) is 5.45. The lowest BCUT2D eigenvalue weighted by molar-refractivity contribution is -0.119. The summed E-state index contributed by atoms with van der Waals surface area (Å²) in [6, 6.07) is 14.9. The maximum absolute atomic E-state index is 11.1. The summed E-state index contributed by atoms with van der Waals surface area (Å²) in [5.41, 5.74) is 14.4. The van der Waals surface area contributed by atoms with E-state index in [4.69, 9.17) is 30.4 Å². The Labute approximate surface area is 202 Å². The maximum Gasteiger partial charge on any atom is 0.255 e. The van der Waals surface area contributed by atoms with E-state index in [1.165, 1.54) is 7.11 Å². The summed E-state index contributed by atoms with van der Waals surface area (Å²) < 4.78 is 22.2. The van der Waals surface area contributed by atoms with E-state index in [-0.39, 0.29) is 23.9 Å². The summed E-state index contributed by atoms with van der Waals surface area (Å²) in [5.74, 6) is 0.521. The van der Waals surface area contributed by atoms with Crippen LogP contribution >= 0.6 is 0 Å². The van der Waals surface area contributed by atoms with Crippen molar-refractivity contribution in [2.75, 3.05) is 20.3 Å². The van der Waals surface area contributed by atoms with Crippen LogP contribution in [0.1, 0.15) is 30.4 Å². The molecule has 2 heterocycles. The van der Waals surface area contributed by atoms with Gasteiger partial charge in [-0.3, -0.25) is 9.89 Å². The highest BCUT2D eigenvalue weighted by molar-refractivity contribution is 5.75. The number of aromatic amines is 1. The molecule has 0 aliphatic carbocycles. The van der Waals surface area contributed by atoms with E-state index in [0.717, 1.165) is 17.7 Å². The predicted molar refractivity (Wildman–Crippen MR) is 127 cm³/mol. The fraction of sp³-hybridized carbons (Fsp3) is 0.240. The number of nitrogens with zero attached hydrogens (tertiary/aromatic N) is 2. The molecule has 1 aromatic heterocycles. The van der Waals surface area contributed by atoms with E-state index >= 15 is 0 Å². The number of primary amides is 1. The third-order valence-electron chi connectivity index (χ3n) is 5.45. The highest BCUT2D eigenvalue weighted by Crippen LogP contribution is 2.47. The zero-order valence-electron chi connectivity index (χ0n) is 19.3. The van der Waals surface area contributed by atoms with Crippen LogP contribution in [0, 0.1) is 11.3 Å². The second-order valence-electron chi connectivity index (χ2n) is 7.78. The Morgan fingerprint density at radius 2 is 1.97 bits per heavy atom. The SMILES string of the molecule is CCCOc1ccc(-c2[nH]nc3c2C(c2ccc(OCC(N)=O)c(OC)c2)C(C#N)=C(N)O3)cc1. The van der Waals surface area contributed by atoms with Crippen LogP contribution in [0.2, 0.25) is 0 Å². The van der Waals surface area contributed by atoms with Gasteiger partial charge in [-0.2, -0.15) is 5.26 Å². The summed E-state index contributed by atoms with van der Waals surface area (Å²) in [7, 11) is 1.48. The third kappa shape index (κ3) is 4.70. The van der Waals surface area contributed by atoms with E-state index < -0.39 is 11.8 Å². The number of H-pyrrole nitrogens is 1. The second kappa shape index (κ2) is 10.1.